The number of allylic oxidation sites excluding steroid dienone is 5. The van der Waals surface area contributed by atoms with E-state index in [9.17, 15) is 0 Å². The van der Waals surface area contributed by atoms with Gasteiger partial charge in [0.15, 0.2) is 0 Å². The summed E-state index contributed by atoms with van der Waals surface area (Å²) in [5.74, 6) is 6.36. The Kier molecular flexibility index (Phi) is 2.64. The van der Waals surface area contributed by atoms with E-state index in [-0.39, 0.29) is 0 Å². The summed E-state index contributed by atoms with van der Waals surface area (Å²) in [5, 5.41) is 2.00. The molecule has 1 aliphatic heterocycles. The molecule has 0 radical (unpaired) electrons. The van der Waals surface area contributed by atoms with Crippen LogP contribution in [0.2, 0.25) is 0 Å². The maximum atomic E-state index is 6.36. The third-order valence-corrected chi connectivity index (χ3v) is 4.48. The van der Waals surface area contributed by atoms with Crippen molar-refractivity contribution in [2.24, 2.45) is 5.84 Å². The Morgan fingerprint density at radius 1 is 1.10 bits per heavy atom. The molecule has 0 spiro atoms. The highest BCUT2D eigenvalue weighted by atomic mass is 15.4. The molecule has 20 heavy (non-hydrogen) atoms. The molecule has 100 valence electrons. The predicted molar refractivity (Wildman–Crippen MR) is 82.3 cm³/mol. The van der Waals surface area contributed by atoms with Gasteiger partial charge >= 0.3 is 0 Å². The lowest BCUT2D eigenvalue weighted by Crippen LogP contribution is -2.37. The molecule has 1 aromatic carbocycles. The number of rotatable bonds is 1. The lowest BCUT2D eigenvalue weighted by atomic mass is 9.87. The van der Waals surface area contributed by atoms with Crippen molar-refractivity contribution in [1.29, 1.82) is 0 Å². The first kappa shape index (κ1) is 11.7. The monoisotopic (exact) mass is 262 g/mol. The maximum absolute atomic E-state index is 6.36. The average molecular weight is 262 g/mol. The van der Waals surface area contributed by atoms with Crippen molar-refractivity contribution in [1.82, 2.24) is 5.01 Å². The standard InChI is InChI=1S/C18H18N2/c19-20-17-9-5-4-8-15(17)16-11-10-14(12-18(16)20)13-6-2-1-3-7-13/h1-4,6-8,10-11,18H,5,9,12,19H2. The fraction of sp³-hybridized carbons (Fsp3) is 0.222. The van der Waals surface area contributed by atoms with Crippen LogP contribution < -0.4 is 5.84 Å². The van der Waals surface area contributed by atoms with Gasteiger partial charge in [0.25, 0.3) is 0 Å². The number of fused-ring (bicyclic) bond motifs is 2. The lowest BCUT2D eigenvalue weighted by molar-refractivity contribution is 0.306. The molecule has 0 fully saturated rings. The van der Waals surface area contributed by atoms with Gasteiger partial charge in [-0.3, -0.25) is 0 Å². The smallest absolute Gasteiger partial charge is 0.0745 e. The van der Waals surface area contributed by atoms with E-state index in [2.05, 4.69) is 54.6 Å². The summed E-state index contributed by atoms with van der Waals surface area (Å²) in [6.07, 6.45) is 12.2. The molecule has 0 saturated carbocycles. The van der Waals surface area contributed by atoms with Crippen LogP contribution in [-0.4, -0.2) is 11.1 Å². The summed E-state index contributed by atoms with van der Waals surface area (Å²) >= 11 is 0. The topological polar surface area (TPSA) is 29.3 Å². The van der Waals surface area contributed by atoms with Crippen LogP contribution in [0.4, 0.5) is 0 Å². The predicted octanol–water partition coefficient (Wildman–Crippen LogP) is 3.56. The van der Waals surface area contributed by atoms with E-state index in [4.69, 9.17) is 5.84 Å². The number of hydrogen-bond acceptors (Lipinski definition) is 2. The summed E-state index contributed by atoms with van der Waals surface area (Å²) in [5.41, 5.74) is 6.73. The summed E-state index contributed by atoms with van der Waals surface area (Å²) in [6, 6.07) is 10.9. The highest BCUT2D eigenvalue weighted by Crippen LogP contribution is 2.42. The Balaban J connectivity index is 1.73. The summed E-state index contributed by atoms with van der Waals surface area (Å²) < 4.78 is 0. The maximum Gasteiger partial charge on any atom is 0.0745 e. The van der Waals surface area contributed by atoms with Crippen molar-refractivity contribution < 1.29 is 0 Å². The Labute approximate surface area is 119 Å². The van der Waals surface area contributed by atoms with E-state index in [1.54, 1.807) is 0 Å². The first-order valence-corrected chi connectivity index (χ1v) is 7.25. The SMILES string of the molecule is NN1C2=C(C=CCC2)C2=CC=C(c3ccccc3)CC21. The van der Waals surface area contributed by atoms with Crippen LogP contribution in [-0.2, 0) is 0 Å². The van der Waals surface area contributed by atoms with Gasteiger partial charge in [0.05, 0.1) is 6.04 Å². The summed E-state index contributed by atoms with van der Waals surface area (Å²) in [7, 11) is 0. The third-order valence-electron chi connectivity index (χ3n) is 4.48. The van der Waals surface area contributed by atoms with E-state index < -0.39 is 0 Å². The van der Waals surface area contributed by atoms with Gasteiger partial charge in [-0.25, -0.2) is 5.84 Å². The molecule has 2 aliphatic carbocycles. The largest absolute Gasteiger partial charge is 0.307 e. The fourth-order valence-electron chi connectivity index (χ4n) is 3.44. The van der Waals surface area contributed by atoms with Gasteiger partial charge in [-0.2, -0.15) is 0 Å². The second kappa shape index (κ2) is 4.50. The zero-order valence-corrected chi connectivity index (χ0v) is 11.4. The van der Waals surface area contributed by atoms with Crippen molar-refractivity contribution >= 4 is 5.57 Å². The quantitative estimate of drug-likeness (QED) is 0.784. The molecule has 1 aromatic rings. The Morgan fingerprint density at radius 2 is 1.95 bits per heavy atom. The normalized spacial score (nSPS) is 24.2. The van der Waals surface area contributed by atoms with Gasteiger partial charge < -0.3 is 5.01 Å². The second-order valence-corrected chi connectivity index (χ2v) is 5.61. The van der Waals surface area contributed by atoms with E-state index >= 15 is 0 Å². The Morgan fingerprint density at radius 3 is 2.80 bits per heavy atom. The van der Waals surface area contributed by atoms with Crippen molar-refractivity contribution in [3.8, 4) is 0 Å². The van der Waals surface area contributed by atoms with Gasteiger partial charge in [0.2, 0.25) is 0 Å². The van der Waals surface area contributed by atoms with E-state index in [0.29, 0.717) is 6.04 Å². The molecular formula is C18H18N2. The zero-order valence-electron chi connectivity index (χ0n) is 11.4. The minimum Gasteiger partial charge on any atom is -0.307 e. The zero-order chi connectivity index (χ0) is 13.5. The van der Waals surface area contributed by atoms with Gasteiger partial charge in [0, 0.05) is 11.3 Å². The van der Waals surface area contributed by atoms with Gasteiger partial charge in [0.1, 0.15) is 0 Å². The first-order chi connectivity index (χ1) is 9.84. The first-order valence-electron chi connectivity index (χ1n) is 7.25. The summed E-state index contributed by atoms with van der Waals surface area (Å²) in [4.78, 5) is 0. The molecule has 1 unspecified atom stereocenters. The second-order valence-electron chi connectivity index (χ2n) is 5.61. The van der Waals surface area contributed by atoms with Crippen LogP contribution in [0.3, 0.4) is 0 Å². The van der Waals surface area contributed by atoms with Gasteiger partial charge in [-0.05, 0) is 36.0 Å². The minimum absolute atomic E-state index is 0.308. The molecule has 1 atom stereocenters. The van der Waals surface area contributed by atoms with E-state index in [1.807, 2.05) is 5.01 Å². The molecule has 4 rings (SSSR count). The molecular weight excluding hydrogens is 244 g/mol. The molecule has 1 heterocycles. The minimum atomic E-state index is 0.308. The van der Waals surface area contributed by atoms with Crippen LogP contribution >= 0.6 is 0 Å². The number of nitrogens with two attached hydrogens (primary N) is 1. The number of nitrogens with zero attached hydrogens (tertiary/aromatic N) is 1. The summed E-state index contributed by atoms with van der Waals surface area (Å²) in [6.45, 7) is 0. The van der Waals surface area contributed by atoms with Gasteiger partial charge in [-0.15, -0.1) is 0 Å². The Hall–Kier alpha value is -2.06. The van der Waals surface area contributed by atoms with Crippen molar-refractivity contribution in [3.63, 3.8) is 0 Å². The van der Waals surface area contributed by atoms with Gasteiger partial charge in [-0.1, -0.05) is 54.6 Å². The van der Waals surface area contributed by atoms with Crippen molar-refractivity contribution in [3.05, 3.63) is 77.0 Å². The van der Waals surface area contributed by atoms with E-state index in [0.717, 1.165) is 19.3 Å². The molecule has 3 aliphatic rings. The molecule has 0 saturated heterocycles. The van der Waals surface area contributed by atoms with Crippen molar-refractivity contribution in [2.75, 3.05) is 0 Å². The fourth-order valence-corrected chi connectivity index (χ4v) is 3.44. The Bertz CT molecular complexity index is 662. The average Bonchev–Trinajstić information content (AvgIpc) is 2.81. The van der Waals surface area contributed by atoms with Crippen LogP contribution in [0.5, 0.6) is 0 Å². The molecule has 2 nitrogen and oxygen atoms in total. The number of benzene rings is 1. The highest BCUT2D eigenvalue weighted by molar-refractivity contribution is 5.72. The molecule has 0 aromatic heterocycles. The molecule has 2 N–H and O–H groups in total. The van der Waals surface area contributed by atoms with Crippen LogP contribution in [0, 0.1) is 0 Å². The molecule has 2 heteroatoms. The van der Waals surface area contributed by atoms with E-state index in [1.165, 1.54) is 28.0 Å². The highest BCUT2D eigenvalue weighted by Gasteiger charge is 2.35. The van der Waals surface area contributed by atoms with Crippen molar-refractivity contribution in [2.45, 2.75) is 25.3 Å². The molecule has 0 amide bonds. The van der Waals surface area contributed by atoms with Crippen LogP contribution in [0.1, 0.15) is 24.8 Å². The lowest BCUT2D eigenvalue weighted by Gasteiger charge is -2.28. The number of hydrazine groups is 1. The third kappa shape index (κ3) is 1.69. The van der Waals surface area contributed by atoms with Crippen LogP contribution in [0.15, 0.2) is 71.5 Å². The molecule has 0 bridgehead atoms. The van der Waals surface area contributed by atoms with Crippen LogP contribution in [0.25, 0.3) is 5.57 Å². The number of hydrogen-bond donors (Lipinski definition) is 1.